The minimum Gasteiger partial charge on any atom is -0.481 e. The summed E-state index contributed by atoms with van der Waals surface area (Å²) >= 11 is 5.60. The molecule has 0 aliphatic carbocycles. The van der Waals surface area contributed by atoms with Crippen molar-refractivity contribution < 1.29 is 4.74 Å². The van der Waals surface area contributed by atoms with E-state index in [1.54, 1.807) is 25.7 Å². The topological polar surface area (TPSA) is 47.9 Å². The van der Waals surface area contributed by atoms with Crippen molar-refractivity contribution in [2.24, 2.45) is 0 Å². The first-order valence-corrected chi connectivity index (χ1v) is 4.66. The zero-order valence-corrected chi connectivity index (χ0v) is 8.77. The maximum Gasteiger partial charge on any atom is 0.222 e. The lowest BCUT2D eigenvalue weighted by atomic mass is 10.1. The van der Waals surface area contributed by atoms with Crippen molar-refractivity contribution in [3.63, 3.8) is 0 Å². The summed E-state index contributed by atoms with van der Waals surface area (Å²) in [5.74, 6) is 0.545. The van der Waals surface area contributed by atoms with Crippen molar-refractivity contribution in [3.05, 3.63) is 36.0 Å². The Balaban J connectivity index is 2.49. The number of pyridine rings is 1. The zero-order valence-electron chi connectivity index (χ0n) is 8.01. The van der Waals surface area contributed by atoms with Crippen LogP contribution < -0.4 is 4.74 Å². The highest BCUT2D eigenvalue weighted by Gasteiger charge is 2.06. The van der Waals surface area contributed by atoms with Gasteiger partial charge in [-0.3, -0.25) is 0 Å². The first kappa shape index (κ1) is 9.86. The fourth-order valence-corrected chi connectivity index (χ4v) is 1.32. The zero-order chi connectivity index (χ0) is 10.7. The number of methoxy groups -OCH3 is 1. The Kier molecular flexibility index (Phi) is 2.78. The standard InChI is InChI=1S/C10H8ClN3O/c1-15-9-8(3-2-4-12-9)7-5-13-10(11)14-6-7/h2-6H,1H3. The van der Waals surface area contributed by atoms with Gasteiger partial charge >= 0.3 is 0 Å². The van der Waals surface area contributed by atoms with Gasteiger partial charge in [-0.1, -0.05) is 0 Å². The van der Waals surface area contributed by atoms with Crippen molar-refractivity contribution in [1.82, 2.24) is 15.0 Å². The third-order valence-corrected chi connectivity index (χ3v) is 2.09. The number of aromatic nitrogens is 3. The van der Waals surface area contributed by atoms with E-state index in [9.17, 15) is 0 Å². The van der Waals surface area contributed by atoms with Gasteiger partial charge in [-0.05, 0) is 23.7 Å². The van der Waals surface area contributed by atoms with Crippen LogP contribution in [0.4, 0.5) is 0 Å². The SMILES string of the molecule is COc1ncccc1-c1cnc(Cl)nc1. The molecule has 2 aromatic heterocycles. The van der Waals surface area contributed by atoms with E-state index < -0.39 is 0 Å². The maximum atomic E-state index is 5.60. The quantitative estimate of drug-likeness (QED) is 0.730. The average Bonchev–Trinajstić information content (AvgIpc) is 2.30. The molecule has 0 saturated carbocycles. The molecule has 0 bridgehead atoms. The van der Waals surface area contributed by atoms with Crippen LogP contribution in [-0.4, -0.2) is 22.1 Å². The molecule has 2 heterocycles. The highest BCUT2D eigenvalue weighted by molar-refractivity contribution is 6.28. The summed E-state index contributed by atoms with van der Waals surface area (Å²) in [6, 6.07) is 3.71. The molecule has 0 aliphatic heterocycles. The second-order valence-electron chi connectivity index (χ2n) is 2.80. The Morgan fingerprint density at radius 1 is 1.20 bits per heavy atom. The second kappa shape index (κ2) is 4.23. The number of hydrogen-bond acceptors (Lipinski definition) is 4. The lowest BCUT2D eigenvalue weighted by molar-refractivity contribution is 0.399. The molecule has 2 aromatic rings. The van der Waals surface area contributed by atoms with Crippen LogP contribution in [0.5, 0.6) is 5.88 Å². The van der Waals surface area contributed by atoms with Gasteiger partial charge in [0, 0.05) is 29.7 Å². The molecule has 4 nitrogen and oxygen atoms in total. The highest BCUT2D eigenvalue weighted by atomic mass is 35.5. The van der Waals surface area contributed by atoms with Crippen molar-refractivity contribution in [2.45, 2.75) is 0 Å². The summed E-state index contributed by atoms with van der Waals surface area (Å²) in [5, 5.41) is 0.224. The third-order valence-electron chi connectivity index (χ3n) is 1.90. The predicted molar refractivity (Wildman–Crippen MR) is 56.8 cm³/mol. The summed E-state index contributed by atoms with van der Waals surface area (Å²) in [6.07, 6.45) is 4.93. The number of halogens is 1. The number of rotatable bonds is 2. The van der Waals surface area contributed by atoms with Gasteiger partial charge in [-0.15, -0.1) is 0 Å². The van der Waals surface area contributed by atoms with Gasteiger partial charge in [0.2, 0.25) is 11.2 Å². The van der Waals surface area contributed by atoms with E-state index in [4.69, 9.17) is 16.3 Å². The largest absolute Gasteiger partial charge is 0.481 e. The lowest BCUT2D eigenvalue weighted by Gasteiger charge is -2.05. The third kappa shape index (κ3) is 2.05. The van der Waals surface area contributed by atoms with Crippen LogP contribution in [0.15, 0.2) is 30.7 Å². The monoisotopic (exact) mass is 221 g/mol. The highest BCUT2D eigenvalue weighted by Crippen LogP contribution is 2.26. The molecular weight excluding hydrogens is 214 g/mol. The second-order valence-corrected chi connectivity index (χ2v) is 3.14. The molecule has 0 aromatic carbocycles. The summed E-state index contributed by atoms with van der Waals surface area (Å²) in [6.45, 7) is 0. The Morgan fingerprint density at radius 3 is 2.60 bits per heavy atom. The normalized spacial score (nSPS) is 10.0. The molecule has 76 valence electrons. The predicted octanol–water partition coefficient (Wildman–Crippen LogP) is 2.20. The Hall–Kier alpha value is -1.68. The fraction of sp³-hybridized carbons (Fsp3) is 0.100. The van der Waals surface area contributed by atoms with E-state index in [1.807, 2.05) is 12.1 Å². The molecule has 0 spiro atoms. The van der Waals surface area contributed by atoms with Gasteiger partial charge in [0.25, 0.3) is 0 Å². The summed E-state index contributed by atoms with van der Waals surface area (Å²) < 4.78 is 5.13. The van der Waals surface area contributed by atoms with Gasteiger partial charge in [0.1, 0.15) is 0 Å². The molecular formula is C10H8ClN3O. The van der Waals surface area contributed by atoms with Gasteiger partial charge < -0.3 is 4.74 Å². The Labute approximate surface area is 91.9 Å². The smallest absolute Gasteiger partial charge is 0.222 e. The summed E-state index contributed by atoms with van der Waals surface area (Å²) in [5.41, 5.74) is 1.67. The molecule has 0 saturated heterocycles. The van der Waals surface area contributed by atoms with Crippen LogP contribution in [-0.2, 0) is 0 Å². The molecule has 0 amide bonds. The van der Waals surface area contributed by atoms with Crippen LogP contribution in [0, 0.1) is 0 Å². The summed E-state index contributed by atoms with van der Waals surface area (Å²) in [7, 11) is 1.57. The van der Waals surface area contributed by atoms with E-state index in [-0.39, 0.29) is 5.28 Å². The van der Waals surface area contributed by atoms with Crippen molar-refractivity contribution >= 4 is 11.6 Å². The molecule has 0 radical (unpaired) electrons. The molecule has 5 heteroatoms. The first-order valence-electron chi connectivity index (χ1n) is 4.28. The molecule has 0 unspecified atom stereocenters. The van der Waals surface area contributed by atoms with Crippen LogP contribution in [0.3, 0.4) is 0 Å². The average molecular weight is 222 g/mol. The van der Waals surface area contributed by atoms with Gasteiger partial charge in [-0.2, -0.15) is 0 Å². The number of hydrogen-bond donors (Lipinski definition) is 0. The minimum atomic E-state index is 0.224. The van der Waals surface area contributed by atoms with Crippen molar-refractivity contribution in [2.75, 3.05) is 7.11 Å². The van der Waals surface area contributed by atoms with E-state index >= 15 is 0 Å². The molecule has 0 fully saturated rings. The van der Waals surface area contributed by atoms with E-state index in [0.29, 0.717) is 5.88 Å². The molecule has 0 atom stereocenters. The van der Waals surface area contributed by atoms with Crippen LogP contribution in [0.2, 0.25) is 5.28 Å². The van der Waals surface area contributed by atoms with E-state index in [2.05, 4.69) is 15.0 Å². The van der Waals surface area contributed by atoms with Gasteiger partial charge in [0.15, 0.2) is 0 Å². The molecule has 2 rings (SSSR count). The summed E-state index contributed by atoms with van der Waals surface area (Å²) in [4.78, 5) is 11.9. The Bertz CT molecular complexity index is 458. The maximum absolute atomic E-state index is 5.60. The lowest BCUT2D eigenvalue weighted by Crippen LogP contribution is -1.92. The van der Waals surface area contributed by atoms with Gasteiger partial charge in [-0.25, -0.2) is 15.0 Å². The molecule has 0 aliphatic rings. The molecule has 15 heavy (non-hydrogen) atoms. The Morgan fingerprint density at radius 2 is 1.93 bits per heavy atom. The van der Waals surface area contributed by atoms with Crippen LogP contribution in [0.1, 0.15) is 0 Å². The number of ether oxygens (including phenoxy) is 1. The van der Waals surface area contributed by atoms with Crippen molar-refractivity contribution in [1.29, 1.82) is 0 Å². The van der Waals surface area contributed by atoms with Crippen LogP contribution >= 0.6 is 11.6 Å². The minimum absolute atomic E-state index is 0.224. The first-order chi connectivity index (χ1) is 7.31. The molecule has 0 N–H and O–H groups in total. The van der Waals surface area contributed by atoms with E-state index in [1.165, 1.54) is 0 Å². The van der Waals surface area contributed by atoms with Crippen LogP contribution in [0.25, 0.3) is 11.1 Å². The number of nitrogens with zero attached hydrogens (tertiary/aromatic N) is 3. The van der Waals surface area contributed by atoms with Crippen molar-refractivity contribution in [3.8, 4) is 17.0 Å². The van der Waals surface area contributed by atoms with Gasteiger partial charge in [0.05, 0.1) is 7.11 Å². The van der Waals surface area contributed by atoms with E-state index in [0.717, 1.165) is 11.1 Å². The fourth-order valence-electron chi connectivity index (χ4n) is 1.22.